The maximum Gasteiger partial charge on any atom is 0.252 e. The number of amides is 2. The summed E-state index contributed by atoms with van der Waals surface area (Å²) < 4.78 is 56.5. The average molecular weight is 1570 g/mol. The van der Waals surface area contributed by atoms with E-state index in [2.05, 4.69) is 92.0 Å². The molecule has 3 aromatic heterocycles. The molecule has 0 bridgehead atoms. The van der Waals surface area contributed by atoms with E-state index in [0.29, 0.717) is 161 Å². The number of aliphatic hydroxyl groups is 1. The zero-order valence-corrected chi connectivity index (χ0v) is 65.0. The molecule has 7 aliphatic heterocycles. The first-order valence-corrected chi connectivity index (χ1v) is 39.0. The molecule has 6 aromatic carbocycles. The van der Waals surface area contributed by atoms with E-state index >= 15 is 0 Å². The van der Waals surface area contributed by atoms with Crippen LogP contribution < -0.4 is 55.0 Å². The van der Waals surface area contributed by atoms with E-state index in [-0.39, 0.29) is 24.2 Å². The average Bonchev–Trinajstić information content (AvgIpc) is 1.86. The Morgan fingerprint density at radius 2 is 0.905 bits per heavy atom. The van der Waals surface area contributed by atoms with Gasteiger partial charge in [-0.1, -0.05) is 6.07 Å². The van der Waals surface area contributed by atoms with Crippen LogP contribution in [0.25, 0.3) is 34.2 Å². The first-order valence-electron chi connectivity index (χ1n) is 39.0. The molecule has 6 N–H and O–H groups in total. The molecule has 0 aliphatic carbocycles. The van der Waals surface area contributed by atoms with E-state index in [4.69, 9.17) is 63.2 Å². The molecule has 16 rings (SSSR count). The lowest BCUT2D eigenvalue weighted by Gasteiger charge is -2.43. The van der Waals surface area contributed by atoms with Crippen molar-refractivity contribution in [1.29, 1.82) is 15.8 Å². The summed E-state index contributed by atoms with van der Waals surface area (Å²) in [6, 6.07) is 46.6. The smallest absolute Gasteiger partial charge is 0.252 e. The number of likely N-dealkylation sites (tertiary alicyclic amines) is 2. The van der Waals surface area contributed by atoms with Crippen molar-refractivity contribution in [2.24, 2.45) is 5.73 Å². The number of nitriles is 3. The number of ether oxygens (including phenoxy) is 10. The standard InChI is InChI=1S/C31H35N7O5.C31H35N5O4.C24H23N5O4/c1-41-28-15-23(3-4-26(28)37-12-10-36(11-13-37)24-19-42-20-24)34-29-6-8-33-31(35-29)21-2-5-27(22(14-21)16-32)43-25-7-9-38(17-25)30(40)18-39;1-37-29-17-24(3-4-27(29)21-7-12-36(13-8-21)25-19-39-20-25)34-30-6-11-33-31(35-30)22-2-5-28(23(16-22)18-32)40-26-9-14-38-15-10-26;1-31-21-13-17(3-4-19(21)23(26)30)28-22-6-9-27-24(29-22)15-2-5-20(16(12-15)14-25)33-18-7-10-32-11-8-18/h2-6,8,14-15,24-25,39H,7,9-13,17-20H2,1H3,(H,33,34,35);2-6,11,16-17,21,25-26H,7-10,12-15,19-20H2,1H3,(H,33,34,35);2-6,9,12-13,18H,7-8,10-11H2,1H3,(H2,26,30)(H,27,28,29)/t25-;;/m1../s1. The van der Waals surface area contributed by atoms with Crippen LogP contribution in [0, 0.1) is 34.0 Å². The molecular weight excluding hydrogens is 1480 g/mol. The molecule has 9 aromatic rings. The van der Waals surface area contributed by atoms with E-state index in [9.17, 15) is 25.4 Å². The van der Waals surface area contributed by atoms with Crippen LogP contribution in [0.2, 0.25) is 0 Å². The predicted octanol–water partition coefficient (Wildman–Crippen LogP) is 10.6. The summed E-state index contributed by atoms with van der Waals surface area (Å²) in [5.74, 6) is 6.47. The molecule has 0 radical (unpaired) electrons. The Hall–Kier alpha value is -12.3. The molecule has 7 fully saturated rings. The number of nitrogens with two attached hydrogens (primary N) is 1. The number of anilines is 7. The maximum atomic E-state index is 11.8. The molecule has 30 nitrogen and oxygen atoms in total. The highest BCUT2D eigenvalue weighted by Crippen LogP contribution is 2.40. The largest absolute Gasteiger partial charge is 0.496 e. The van der Waals surface area contributed by atoms with Gasteiger partial charge in [0, 0.05) is 135 Å². The zero-order chi connectivity index (χ0) is 80.3. The zero-order valence-electron chi connectivity index (χ0n) is 65.0. The lowest BCUT2D eigenvalue weighted by molar-refractivity contribution is -0.133. The van der Waals surface area contributed by atoms with Gasteiger partial charge in [0.15, 0.2) is 17.5 Å². The van der Waals surface area contributed by atoms with Crippen molar-refractivity contribution in [1.82, 2.24) is 44.6 Å². The lowest BCUT2D eigenvalue weighted by atomic mass is 9.88. The van der Waals surface area contributed by atoms with Crippen molar-refractivity contribution in [2.45, 2.75) is 81.3 Å². The summed E-state index contributed by atoms with van der Waals surface area (Å²) in [6.45, 7) is 12.6. The Labute approximate surface area is 673 Å². The fourth-order valence-corrected chi connectivity index (χ4v) is 14.9. The van der Waals surface area contributed by atoms with Crippen molar-refractivity contribution in [2.75, 3.05) is 154 Å². The second kappa shape index (κ2) is 38.7. The fraction of sp³-hybridized carbons (Fsp3) is 0.384. The normalized spacial score (nSPS) is 17.5. The monoisotopic (exact) mass is 1570 g/mol. The second-order valence-corrected chi connectivity index (χ2v) is 28.9. The van der Waals surface area contributed by atoms with E-state index in [1.165, 1.54) is 12.7 Å². The van der Waals surface area contributed by atoms with Crippen molar-refractivity contribution < 1.29 is 62.1 Å². The van der Waals surface area contributed by atoms with Crippen molar-refractivity contribution in [3.63, 3.8) is 0 Å². The molecule has 0 spiro atoms. The summed E-state index contributed by atoms with van der Waals surface area (Å²) in [4.78, 5) is 59.4. The van der Waals surface area contributed by atoms with Crippen LogP contribution in [0.15, 0.2) is 146 Å². The van der Waals surface area contributed by atoms with Gasteiger partial charge in [0.2, 0.25) is 5.91 Å². The number of piperidine rings is 1. The SMILES string of the molecule is COc1cc(Nc2ccnc(-c3ccc(OC4CCOCC4)c(C#N)c3)n2)ccc1C(N)=O.COc1cc(Nc2ccnc(-c3ccc(OC4CCOCC4)c(C#N)c3)n2)ccc1C1CCN(C2COC2)CC1.COc1cc(Nc2ccnc(-c3ccc(O[C@@H]4CCN(C(=O)CO)C4)c(C#N)c3)n2)ccc1N1CCN(C2COC2)CC1. The number of nitrogens with one attached hydrogen (secondary N) is 3. The van der Waals surface area contributed by atoms with Crippen LogP contribution in [0.1, 0.15) is 83.5 Å². The molecule has 7 aliphatic rings. The van der Waals surface area contributed by atoms with Gasteiger partial charge in [0.1, 0.15) is 95.1 Å². The molecule has 1 atom stereocenters. The number of benzene rings is 6. The minimum atomic E-state index is -0.569. The van der Waals surface area contributed by atoms with Gasteiger partial charge in [-0.25, -0.2) is 29.9 Å². The number of aliphatic hydroxyl groups excluding tert-OH is 1. The summed E-state index contributed by atoms with van der Waals surface area (Å²) in [6.07, 6.45) is 11.0. The van der Waals surface area contributed by atoms with E-state index in [0.717, 1.165) is 138 Å². The van der Waals surface area contributed by atoms with Crippen LogP contribution in [0.4, 0.5) is 40.2 Å². The maximum absolute atomic E-state index is 11.8. The van der Waals surface area contributed by atoms with Gasteiger partial charge in [-0.2, -0.15) is 15.8 Å². The third-order valence-corrected chi connectivity index (χ3v) is 21.5. The highest BCUT2D eigenvalue weighted by molar-refractivity contribution is 5.96. The van der Waals surface area contributed by atoms with Crippen LogP contribution in [-0.4, -0.2) is 225 Å². The number of rotatable bonds is 24. The molecule has 30 heteroatoms. The number of carbonyl (C=O) groups is 2. The van der Waals surface area contributed by atoms with E-state index in [1.807, 2.05) is 48.5 Å². The Bertz CT molecular complexity index is 5040. The van der Waals surface area contributed by atoms with Crippen LogP contribution in [-0.2, 0) is 23.7 Å². The Balaban J connectivity index is 0.000000145. The van der Waals surface area contributed by atoms with Crippen LogP contribution >= 0.6 is 0 Å². The predicted molar refractivity (Wildman–Crippen MR) is 432 cm³/mol. The molecule has 10 heterocycles. The van der Waals surface area contributed by atoms with Crippen molar-refractivity contribution >= 4 is 52.0 Å². The molecule has 600 valence electrons. The molecular formula is C86H93N17O13. The highest BCUT2D eigenvalue weighted by Gasteiger charge is 2.34. The molecule has 7 saturated heterocycles. The van der Waals surface area contributed by atoms with Gasteiger partial charge in [-0.05, 0) is 141 Å². The fourth-order valence-electron chi connectivity index (χ4n) is 14.9. The number of aromatic nitrogens is 6. The number of hydrogen-bond acceptors (Lipinski definition) is 28. The quantitative estimate of drug-likeness (QED) is 0.0375. The number of piperazine rings is 1. The molecule has 2 amide bonds. The highest BCUT2D eigenvalue weighted by atomic mass is 16.5. The van der Waals surface area contributed by atoms with E-state index in [1.54, 1.807) is 98.4 Å². The number of nitrogens with zero attached hydrogens (tertiary/aromatic N) is 13. The van der Waals surface area contributed by atoms with Gasteiger partial charge in [-0.3, -0.25) is 19.4 Å². The Kier molecular flexibility index (Phi) is 26.8. The minimum absolute atomic E-state index is 0.0402. The van der Waals surface area contributed by atoms with Gasteiger partial charge >= 0.3 is 0 Å². The van der Waals surface area contributed by atoms with Gasteiger partial charge in [0.05, 0.1) is 121 Å². The third kappa shape index (κ3) is 20.1. The van der Waals surface area contributed by atoms with Crippen molar-refractivity contribution in [3.8, 4) is 86.9 Å². The number of hydrogen-bond donors (Lipinski definition) is 5. The third-order valence-electron chi connectivity index (χ3n) is 21.5. The number of methoxy groups -OCH3 is 3. The first-order chi connectivity index (χ1) is 56.8. The van der Waals surface area contributed by atoms with Crippen molar-refractivity contribution in [3.05, 3.63) is 174 Å². The van der Waals surface area contributed by atoms with Gasteiger partial charge in [0.25, 0.3) is 5.91 Å². The topological polar surface area (TPSA) is 370 Å². The molecule has 116 heavy (non-hydrogen) atoms. The summed E-state index contributed by atoms with van der Waals surface area (Å²) in [7, 11) is 4.88. The Morgan fingerprint density at radius 1 is 0.474 bits per heavy atom. The van der Waals surface area contributed by atoms with Gasteiger partial charge < -0.3 is 84.0 Å². The molecule has 0 unspecified atom stereocenters. The Morgan fingerprint density at radius 3 is 1.34 bits per heavy atom. The minimum Gasteiger partial charge on any atom is -0.496 e. The molecule has 0 saturated carbocycles. The number of carbonyl (C=O) groups excluding carboxylic acids is 2. The summed E-state index contributed by atoms with van der Waals surface area (Å²) in [5.41, 5.74) is 13.8. The van der Waals surface area contributed by atoms with Crippen LogP contribution in [0.5, 0.6) is 34.5 Å². The van der Waals surface area contributed by atoms with E-state index < -0.39 is 12.5 Å². The summed E-state index contributed by atoms with van der Waals surface area (Å²) >= 11 is 0. The van der Waals surface area contributed by atoms with Gasteiger partial charge in [-0.15, -0.1) is 0 Å². The lowest BCUT2D eigenvalue weighted by Crippen LogP contribution is -2.56. The number of primary amides is 1. The van der Waals surface area contributed by atoms with Crippen LogP contribution in [0.3, 0.4) is 0 Å². The second-order valence-electron chi connectivity index (χ2n) is 28.9. The summed E-state index contributed by atoms with van der Waals surface area (Å²) in [5, 5.41) is 48.2. The first kappa shape index (κ1) is 80.3.